The molecule has 2 heterocycles. The molecule has 3 aromatic rings. The fourth-order valence-electron chi connectivity index (χ4n) is 2.28. The van der Waals surface area contributed by atoms with Crippen LogP contribution in [-0.2, 0) is 5.75 Å². The number of nitrogens with one attached hydrogen (secondary N) is 1. The predicted octanol–water partition coefficient (Wildman–Crippen LogP) is 5.56. The van der Waals surface area contributed by atoms with E-state index in [1.165, 1.54) is 16.7 Å². The Kier molecular flexibility index (Phi) is 6.19. The first-order valence-corrected chi connectivity index (χ1v) is 10.2. The molecule has 3 rings (SSSR count). The molecule has 25 heavy (non-hydrogen) atoms. The molecule has 0 aliphatic heterocycles. The number of benzene rings is 1. The van der Waals surface area contributed by atoms with Gasteiger partial charge in [0.05, 0.1) is 16.7 Å². The number of hydrogen-bond donors (Lipinski definition) is 1. The highest BCUT2D eigenvalue weighted by atomic mass is 35.5. The summed E-state index contributed by atoms with van der Waals surface area (Å²) in [5.74, 6) is 0.483. The van der Waals surface area contributed by atoms with E-state index in [4.69, 9.17) is 11.6 Å². The van der Waals surface area contributed by atoms with Crippen molar-refractivity contribution in [1.29, 1.82) is 0 Å². The molecule has 0 bridgehead atoms. The highest BCUT2D eigenvalue weighted by molar-refractivity contribution is 7.99. The molecule has 0 aliphatic rings. The first kappa shape index (κ1) is 18.5. The maximum Gasteiger partial charge on any atom is 0.166 e. The summed E-state index contributed by atoms with van der Waals surface area (Å²) in [6, 6.07) is 4.23. The average molecular weight is 400 g/mol. The Labute approximate surface area is 158 Å². The second-order valence-corrected chi connectivity index (χ2v) is 7.86. The van der Waals surface area contributed by atoms with Crippen LogP contribution in [0.5, 0.6) is 0 Å². The number of H-pyrrole nitrogens is 1. The SMILES string of the molecule is Cc1c(SCCCCl)ccnc1CSc1nc2cc(F)c(F)cc2[nH]1. The summed E-state index contributed by atoms with van der Waals surface area (Å²) in [7, 11) is 0. The number of fused-ring (bicyclic) bond motifs is 1. The highest BCUT2D eigenvalue weighted by Crippen LogP contribution is 2.29. The summed E-state index contributed by atoms with van der Waals surface area (Å²) < 4.78 is 26.6. The summed E-state index contributed by atoms with van der Waals surface area (Å²) >= 11 is 8.95. The Morgan fingerprint density at radius 3 is 2.80 bits per heavy atom. The molecule has 1 N–H and O–H groups in total. The van der Waals surface area contributed by atoms with Crippen molar-refractivity contribution in [3.05, 3.63) is 47.3 Å². The Morgan fingerprint density at radius 2 is 2.00 bits per heavy atom. The van der Waals surface area contributed by atoms with E-state index in [0.29, 0.717) is 27.8 Å². The van der Waals surface area contributed by atoms with Crippen LogP contribution in [0.4, 0.5) is 8.78 Å². The zero-order chi connectivity index (χ0) is 17.8. The highest BCUT2D eigenvalue weighted by Gasteiger charge is 2.11. The molecule has 2 aromatic heterocycles. The van der Waals surface area contributed by atoms with Crippen molar-refractivity contribution >= 4 is 46.2 Å². The number of imidazole rings is 1. The van der Waals surface area contributed by atoms with Gasteiger partial charge in [-0.1, -0.05) is 11.8 Å². The van der Waals surface area contributed by atoms with Crippen LogP contribution < -0.4 is 0 Å². The third kappa shape index (κ3) is 4.46. The van der Waals surface area contributed by atoms with Gasteiger partial charge in [0.15, 0.2) is 16.8 Å². The van der Waals surface area contributed by atoms with Crippen molar-refractivity contribution in [3.8, 4) is 0 Å². The molecule has 132 valence electrons. The van der Waals surface area contributed by atoms with Crippen LogP contribution in [0.25, 0.3) is 11.0 Å². The van der Waals surface area contributed by atoms with E-state index < -0.39 is 11.6 Å². The molecule has 0 amide bonds. The van der Waals surface area contributed by atoms with Crippen LogP contribution >= 0.6 is 35.1 Å². The molecule has 0 fully saturated rings. The normalized spacial score (nSPS) is 11.4. The maximum atomic E-state index is 13.3. The molecule has 0 unspecified atom stereocenters. The molecule has 0 spiro atoms. The molecular formula is C17H16ClF2N3S2. The minimum atomic E-state index is -0.894. The standard InChI is InChI=1S/C17H16ClF2N3S2/c1-10-15(21-5-3-16(10)24-6-2-4-18)9-25-17-22-13-7-11(19)12(20)8-14(13)23-17/h3,5,7-8H,2,4,6,9H2,1H3,(H,22,23). The van der Waals surface area contributed by atoms with E-state index in [2.05, 4.69) is 21.9 Å². The second-order valence-electron chi connectivity index (χ2n) is 5.39. The molecule has 1 aromatic carbocycles. The summed E-state index contributed by atoms with van der Waals surface area (Å²) in [6.07, 6.45) is 2.76. The van der Waals surface area contributed by atoms with Crippen molar-refractivity contribution in [2.24, 2.45) is 0 Å². The first-order valence-electron chi connectivity index (χ1n) is 7.69. The predicted molar refractivity (Wildman–Crippen MR) is 101 cm³/mol. The first-order chi connectivity index (χ1) is 12.1. The Hall–Kier alpha value is -1.31. The van der Waals surface area contributed by atoms with Crippen molar-refractivity contribution in [1.82, 2.24) is 15.0 Å². The molecule has 0 saturated heterocycles. The second kappa shape index (κ2) is 8.38. The monoisotopic (exact) mass is 399 g/mol. The lowest BCUT2D eigenvalue weighted by atomic mass is 10.2. The minimum Gasteiger partial charge on any atom is -0.333 e. The van der Waals surface area contributed by atoms with Gasteiger partial charge in [-0.15, -0.1) is 23.4 Å². The van der Waals surface area contributed by atoms with Gasteiger partial charge in [-0.3, -0.25) is 4.98 Å². The number of rotatable bonds is 7. The fraction of sp³-hybridized carbons (Fsp3) is 0.294. The number of alkyl halides is 1. The molecular weight excluding hydrogens is 384 g/mol. The number of hydrogen-bond acceptors (Lipinski definition) is 4. The Balaban J connectivity index is 1.72. The van der Waals surface area contributed by atoms with Crippen LogP contribution in [0.1, 0.15) is 17.7 Å². The van der Waals surface area contributed by atoms with Gasteiger partial charge in [0.25, 0.3) is 0 Å². The lowest BCUT2D eigenvalue weighted by Gasteiger charge is -2.09. The molecule has 0 aliphatic carbocycles. The number of thioether (sulfide) groups is 2. The molecule has 3 nitrogen and oxygen atoms in total. The summed E-state index contributed by atoms with van der Waals surface area (Å²) in [4.78, 5) is 12.9. The summed E-state index contributed by atoms with van der Waals surface area (Å²) in [5.41, 5.74) is 3.01. The molecule has 0 saturated carbocycles. The number of nitrogens with zero attached hydrogens (tertiary/aromatic N) is 2. The number of halogens is 3. The van der Waals surface area contributed by atoms with Crippen LogP contribution in [0.3, 0.4) is 0 Å². The van der Waals surface area contributed by atoms with Gasteiger partial charge in [0.1, 0.15) is 0 Å². The number of aromatic amines is 1. The van der Waals surface area contributed by atoms with E-state index in [-0.39, 0.29) is 0 Å². The quantitative estimate of drug-likeness (QED) is 0.321. The van der Waals surface area contributed by atoms with Crippen LogP contribution in [0.15, 0.2) is 34.4 Å². The number of aromatic nitrogens is 3. The van der Waals surface area contributed by atoms with Gasteiger partial charge in [-0.25, -0.2) is 13.8 Å². The fourth-order valence-corrected chi connectivity index (χ4v) is 4.49. The third-order valence-corrected chi connectivity index (χ3v) is 6.04. The maximum absolute atomic E-state index is 13.3. The van der Waals surface area contributed by atoms with Gasteiger partial charge in [-0.05, 0) is 30.7 Å². The van der Waals surface area contributed by atoms with Crippen molar-refractivity contribution < 1.29 is 8.78 Å². The topological polar surface area (TPSA) is 41.6 Å². The third-order valence-electron chi connectivity index (χ3n) is 3.64. The van der Waals surface area contributed by atoms with E-state index in [0.717, 1.165) is 35.6 Å². The van der Waals surface area contributed by atoms with Crippen molar-refractivity contribution in [3.63, 3.8) is 0 Å². The number of pyridine rings is 1. The average Bonchev–Trinajstić information content (AvgIpc) is 2.97. The van der Waals surface area contributed by atoms with Gasteiger partial charge < -0.3 is 4.98 Å². The van der Waals surface area contributed by atoms with Crippen LogP contribution in [0, 0.1) is 18.6 Å². The molecule has 8 heteroatoms. The van der Waals surface area contributed by atoms with E-state index >= 15 is 0 Å². The van der Waals surface area contributed by atoms with Gasteiger partial charge in [0, 0.05) is 34.9 Å². The van der Waals surface area contributed by atoms with Crippen molar-refractivity contribution in [2.75, 3.05) is 11.6 Å². The smallest absolute Gasteiger partial charge is 0.166 e. The Morgan fingerprint density at radius 1 is 1.20 bits per heavy atom. The zero-order valence-electron chi connectivity index (χ0n) is 13.5. The van der Waals surface area contributed by atoms with Gasteiger partial charge in [-0.2, -0.15) is 0 Å². The molecule has 0 atom stereocenters. The van der Waals surface area contributed by atoms with Crippen LogP contribution in [0.2, 0.25) is 0 Å². The summed E-state index contributed by atoms with van der Waals surface area (Å²) in [5, 5.41) is 0.612. The van der Waals surface area contributed by atoms with Gasteiger partial charge >= 0.3 is 0 Å². The van der Waals surface area contributed by atoms with E-state index in [1.54, 1.807) is 18.0 Å². The molecule has 0 radical (unpaired) electrons. The minimum absolute atomic E-state index is 0.413. The van der Waals surface area contributed by atoms with Crippen molar-refractivity contribution in [2.45, 2.75) is 29.1 Å². The largest absolute Gasteiger partial charge is 0.333 e. The van der Waals surface area contributed by atoms with Gasteiger partial charge in [0.2, 0.25) is 0 Å². The van der Waals surface area contributed by atoms with Crippen LogP contribution in [-0.4, -0.2) is 26.6 Å². The van der Waals surface area contributed by atoms with E-state index in [9.17, 15) is 8.78 Å². The lowest BCUT2D eigenvalue weighted by molar-refractivity contribution is 0.510. The zero-order valence-corrected chi connectivity index (χ0v) is 15.9. The summed E-state index contributed by atoms with van der Waals surface area (Å²) in [6.45, 7) is 2.05. The Bertz CT molecular complexity index is 847. The lowest BCUT2D eigenvalue weighted by Crippen LogP contribution is -1.95. The van der Waals surface area contributed by atoms with E-state index in [1.807, 2.05) is 6.07 Å².